The molecule has 3 rings (SSSR count). The van der Waals surface area contributed by atoms with Crippen LogP contribution in [-0.4, -0.2) is 6.34 Å². The molecular weight excluding hydrogens is 356 g/mol. The van der Waals surface area contributed by atoms with E-state index in [9.17, 15) is 0 Å². The lowest BCUT2D eigenvalue weighted by atomic mass is 10.1. The Balaban J connectivity index is 0.00000176. The molecule has 0 N–H and O–H groups in total. The fourth-order valence-corrected chi connectivity index (χ4v) is 3.13. The Morgan fingerprint density at radius 2 is 1.82 bits per heavy atom. The molecule has 0 bridgehead atoms. The number of hydrogen-bond donors (Lipinski definition) is 1. The predicted octanol–water partition coefficient (Wildman–Crippen LogP) is 1.62. The summed E-state index contributed by atoms with van der Waals surface area (Å²) in [6.45, 7) is 5.08. The molecule has 0 saturated carbocycles. The van der Waals surface area contributed by atoms with Crippen molar-refractivity contribution in [3.8, 4) is 0 Å². The van der Waals surface area contributed by atoms with E-state index in [0.717, 1.165) is 11.4 Å². The first-order valence-electron chi connectivity index (χ1n) is 7.05. The summed E-state index contributed by atoms with van der Waals surface area (Å²) in [6, 6.07) is 14.9. The van der Waals surface area contributed by atoms with Crippen molar-refractivity contribution in [1.29, 1.82) is 0 Å². The molecule has 2 aromatic rings. The molecule has 0 saturated heterocycles. The van der Waals surface area contributed by atoms with Crippen LogP contribution in [0.1, 0.15) is 16.7 Å². The third-order valence-corrected chi connectivity index (χ3v) is 4.43. The molecule has 2 nitrogen and oxygen atoms in total. The van der Waals surface area contributed by atoms with Gasteiger partial charge in [0, 0.05) is 11.6 Å². The lowest BCUT2D eigenvalue weighted by Crippen LogP contribution is -3.00. The molecule has 2 aromatic carbocycles. The Morgan fingerprint density at radius 1 is 1.09 bits per heavy atom. The zero-order valence-corrected chi connectivity index (χ0v) is 15.2. The molecule has 0 aliphatic carbocycles. The van der Waals surface area contributed by atoms with Gasteiger partial charge in [-0.2, -0.15) is 0 Å². The van der Waals surface area contributed by atoms with Crippen LogP contribution in [0.2, 0.25) is 0 Å². The van der Waals surface area contributed by atoms with Crippen molar-refractivity contribution in [1.82, 2.24) is 4.48 Å². The average Bonchev–Trinajstić information content (AvgIpc) is 2.93. The number of nitrogens with zero attached hydrogens (tertiary/aromatic N) is 2. The van der Waals surface area contributed by atoms with Crippen LogP contribution >= 0.6 is 12.6 Å². The van der Waals surface area contributed by atoms with E-state index in [1.807, 2.05) is 18.6 Å². The first kappa shape index (κ1) is 17.0. The first-order chi connectivity index (χ1) is 10.1. The Kier molecular flexibility index (Phi) is 5.27. The SMILES string of the molecule is Cc1cc(C)c(S)c([N+]2(Cc3ccccc3)C=CN=C2)c1.[Br-]. The highest BCUT2D eigenvalue weighted by atomic mass is 79.9. The molecule has 0 amide bonds. The van der Waals surface area contributed by atoms with Gasteiger partial charge in [-0.3, -0.25) is 0 Å². The quantitative estimate of drug-likeness (QED) is 0.619. The highest BCUT2D eigenvalue weighted by Gasteiger charge is 2.32. The van der Waals surface area contributed by atoms with Crippen molar-refractivity contribution in [2.24, 2.45) is 4.99 Å². The number of hydrogen-bond acceptors (Lipinski definition) is 2. The van der Waals surface area contributed by atoms with E-state index in [1.54, 1.807) is 0 Å². The summed E-state index contributed by atoms with van der Waals surface area (Å²) in [7, 11) is 0. The maximum absolute atomic E-state index is 4.74. The van der Waals surface area contributed by atoms with E-state index in [0.29, 0.717) is 4.48 Å². The standard InChI is InChI=1S/C18H18N2S.BrH/c1-14-10-15(2)18(21)17(11-14)20(9-8-19-13-20)12-16-6-4-3-5-7-16;/h3-11,13H,12H2,1-2H3;1H. The summed E-state index contributed by atoms with van der Waals surface area (Å²) in [6.07, 6.45) is 5.98. The largest absolute Gasteiger partial charge is 1.00 e. The van der Waals surface area contributed by atoms with Crippen LogP contribution in [0.5, 0.6) is 0 Å². The number of aryl methyl sites for hydroxylation is 2. The van der Waals surface area contributed by atoms with E-state index >= 15 is 0 Å². The Morgan fingerprint density at radius 3 is 2.45 bits per heavy atom. The van der Waals surface area contributed by atoms with Crippen LogP contribution in [0.25, 0.3) is 0 Å². The van der Waals surface area contributed by atoms with E-state index in [4.69, 9.17) is 12.6 Å². The summed E-state index contributed by atoms with van der Waals surface area (Å²) in [5, 5.41) is 0. The molecule has 0 fully saturated rings. The Hall–Kier alpha value is -1.36. The highest BCUT2D eigenvalue weighted by Crippen LogP contribution is 2.36. The Labute approximate surface area is 148 Å². The van der Waals surface area contributed by atoms with Gasteiger partial charge in [0.15, 0.2) is 12.0 Å². The molecule has 22 heavy (non-hydrogen) atoms. The number of benzene rings is 2. The Bertz CT molecular complexity index is 711. The lowest BCUT2D eigenvalue weighted by Gasteiger charge is -2.29. The second kappa shape index (κ2) is 6.82. The second-order valence-corrected chi connectivity index (χ2v) is 6.03. The zero-order valence-electron chi connectivity index (χ0n) is 12.7. The van der Waals surface area contributed by atoms with Crippen LogP contribution in [0.3, 0.4) is 0 Å². The minimum absolute atomic E-state index is 0. The van der Waals surface area contributed by atoms with Crippen LogP contribution in [0.4, 0.5) is 5.69 Å². The van der Waals surface area contributed by atoms with Gasteiger partial charge in [-0.1, -0.05) is 36.4 Å². The molecule has 1 atom stereocenters. The minimum atomic E-state index is 0. The summed E-state index contributed by atoms with van der Waals surface area (Å²) < 4.78 is 0.589. The van der Waals surface area contributed by atoms with Crippen molar-refractivity contribution in [2.45, 2.75) is 25.3 Å². The number of thiol groups is 1. The fourth-order valence-electron chi connectivity index (χ4n) is 2.82. The van der Waals surface area contributed by atoms with Gasteiger partial charge < -0.3 is 17.0 Å². The first-order valence-corrected chi connectivity index (χ1v) is 7.50. The lowest BCUT2D eigenvalue weighted by molar-refractivity contribution is -0.00000427. The highest BCUT2D eigenvalue weighted by molar-refractivity contribution is 7.80. The smallest absolute Gasteiger partial charge is 0.200 e. The van der Waals surface area contributed by atoms with Crippen molar-refractivity contribution >= 4 is 24.7 Å². The van der Waals surface area contributed by atoms with Gasteiger partial charge in [0.1, 0.15) is 12.7 Å². The van der Waals surface area contributed by atoms with Crippen molar-refractivity contribution in [2.75, 3.05) is 0 Å². The third kappa shape index (κ3) is 3.19. The summed E-state index contributed by atoms with van der Waals surface area (Å²) in [5.41, 5.74) is 4.91. The average molecular weight is 375 g/mol. The normalized spacial score (nSPS) is 19.2. The van der Waals surface area contributed by atoms with Gasteiger partial charge in [-0.25, -0.2) is 9.48 Å². The molecule has 1 aliphatic heterocycles. The van der Waals surface area contributed by atoms with E-state index in [-0.39, 0.29) is 17.0 Å². The molecular formula is C18H19BrN2S. The van der Waals surface area contributed by atoms with Gasteiger partial charge in [-0.05, 0) is 25.0 Å². The van der Waals surface area contributed by atoms with Gasteiger partial charge in [-0.15, -0.1) is 12.6 Å². The molecule has 114 valence electrons. The molecule has 0 aromatic heterocycles. The van der Waals surface area contributed by atoms with Gasteiger partial charge in [0.25, 0.3) is 0 Å². The van der Waals surface area contributed by atoms with Gasteiger partial charge in [0.05, 0.1) is 11.1 Å². The topological polar surface area (TPSA) is 12.4 Å². The van der Waals surface area contributed by atoms with Crippen LogP contribution < -0.4 is 21.5 Å². The van der Waals surface area contributed by atoms with Crippen LogP contribution in [-0.2, 0) is 6.54 Å². The molecule has 4 heteroatoms. The number of aliphatic imine (C=N–C) groups is 1. The molecule has 1 unspecified atom stereocenters. The minimum Gasteiger partial charge on any atom is -1.00 e. The number of quaternary nitrogens is 1. The maximum atomic E-state index is 4.74. The number of rotatable bonds is 3. The molecule has 0 radical (unpaired) electrons. The van der Waals surface area contributed by atoms with E-state index in [1.165, 1.54) is 22.4 Å². The fraction of sp³-hybridized carbons (Fsp3) is 0.167. The van der Waals surface area contributed by atoms with Gasteiger partial charge >= 0.3 is 0 Å². The van der Waals surface area contributed by atoms with Crippen molar-refractivity contribution < 1.29 is 17.0 Å². The van der Waals surface area contributed by atoms with E-state index < -0.39 is 0 Å². The summed E-state index contributed by atoms with van der Waals surface area (Å²) in [4.78, 5) is 5.38. The number of halogens is 1. The van der Waals surface area contributed by atoms with Crippen molar-refractivity contribution in [3.63, 3.8) is 0 Å². The summed E-state index contributed by atoms with van der Waals surface area (Å²) >= 11 is 4.74. The third-order valence-electron chi connectivity index (χ3n) is 3.85. The van der Waals surface area contributed by atoms with E-state index in [2.05, 4.69) is 61.4 Å². The molecule has 0 spiro atoms. The van der Waals surface area contributed by atoms with Crippen LogP contribution in [0.15, 0.2) is 64.8 Å². The summed E-state index contributed by atoms with van der Waals surface area (Å²) in [5.74, 6) is 0. The maximum Gasteiger partial charge on any atom is 0.200 e. The zero-order chi connectivity index (χ0) is 14.9. The molecule has 1 heterocycles. The van der Waals surface area contributed by atoms with Crippen molar-refractivity contribution in [3.05, 3.63) is 71.6 Å². The van der Waals surface area contributed by atoms with Gasteiger partial charge in [0.2, 0.25) is 0 Å². The molecule has 1 aliphatic rings. The predicted molar refractivity (Wildman–Crippen MR) is 92.7 cm³/mol. The monoisotopic (exact) mass is 374 g/mol. The second-order valence-electron chi connectivity index (χ2n) is 5.59. The van der Waals surface area contributed by atoms with Crippen LogP contribution in [0, 0.1) is 13.8 Å².